The predicted octanol–water partition coefficient (Wildman–Crippen LogP) is 3.01. The normalized spacial score (nSPS) is 13.6. The van der Waals surface area contributed by atoms with Crippen LogP contribution in [-0.2, 0) is 30.6 Å². The quantitative estimate of drug-likeness (QED) is 0.711. The standard InChI is InChI=1S/C14H9F6NO4S2/c15-11-7-3-1-5-9(11)13(17,18)26(22,23)21-27(24,25)14(19,20)10-6-2-4-8-12(10)16/h1-8,21H. The van der Waals surface area contributed by atoms with Crippen LogP contribution in [0.15, 0.2) is 48.5 Å². The second kappa shape index (κ2) is 6.80. The van der Waals surface area contributed by atoms with Crippen LogP contribution in [-0.4, -0.2) is 16.8 Å². The average Bonchev–Trinajstić information content (AvgIpc) is 2.54. The van der Waals surface area contributed by atoms with Gasteiger partial charge < -0.3 is 0 Å². The molecule has 0 spiro atoms. The molecule has 0 saturated heterocycles. The molecule has 0 unspecified atom stereocenters. The first-order chi connectivity index (χ1) is 12.2. The fourth-order valence-corrected chi connectivity index (χ4v) is 4.84. The largest absolute Gasteiger partial charge is 0.388 e. The van der Waals surface area contributed by atoms with Crippen molar-refractivity contribution in [2.75, 3.05) is 0 Å². The highest BCUT2D eigenvalue weighted by molar-refractivity contribution is 8.05. The topological polar surface area (TPSA) is 80.3 Å². The Labute approximate surface area is 149 Å². The highest BCUT2D eigenvalue weighted by Gasteiger charge is 2.56. The zero-order valence-corrected chi connectivity index (χ0v) is 14.5. The van der Waals surface area contributed by atoms with Crippen molar-refractivity contribution < 1.29 is 43.2 Å². The van der Waals surface area contributed by atoms with Crippen LogP contribution in [0.5, 0.6) is 0 Å². The van der Waals surface area contributed by atoms with Crippen molar-refractivity contribution in [1.29, 1.82) is 0 Å². The second-order valence-electron chi connectivity index (χ2n) is 5.08. The van der Waals surface area contributed by atoms with Gasteiger partial charge >= 0.3 is 10.5 Å². The number of hydrogen-bond donors (Lipinski definition) is 1. The first kappa shape index (κ1) is 21.2. The van der Waals surface area contributed by atoms with E-state index in [-0.39, 0.29) is 4.13 Å². The van der Waals surface area contributed by atoms with Crippen LogP contribution in [0.2, 0.25) is 0 Å². The highest BCUT2D eigenvalue weighted by atomic mass is 32.3. The number of rotatable bonds is 6. The molecule has 0 amide bonds. The van der Waals surface area contributed by atoms with Gasteiger partial charge in [-0.2, -0.15) is 17.6 Å². The van der Waals surface area contributed by atoms with Crippen LogP contribution in [0.4, 0.5) is 26.3 Å². The molecule has 1 N–H and O–H groups in total. The van der Waals surface area contributed by atoms with E-state index in [1.165, 1.54) is 0 Å². The van der Waals surface area contributed by atoms with Crippen molar-refractivity contribution in [2.45, 2.75) is 10.5 Å². The summed E-state index contributed by atoms with van der Waals surface area (Å²) in [5.74, 6) is -3.43. The molecule has 148 valence electrons. The maximum atomic E-state index is 14.1. The van der Waals surface area contributed by atoms with Gasteiger partial charge in [0.15, 0.2) is 0 Å². The Balaban J connectivity index is 2.50. The minimum atomic E-state index is -6.41. The molecular weight excluding hydrogens is 424 g/mol. The minimum Gasteiger partial charge on any atom is -0.206 e. The van der Waals surface area contributed by atoms with E-state index in [1.807, 2.05) is 0 Å². The minimum absolute atomic E-state index is 0.176. The average molecular weight is 433 g/mol. The Kier molecular flexibility index (Phi) is 5.33. The lowest BCUT2D eigenvalue weighted by Gasteiger charge is -2.22. The first-order valence-electron chi connectivity index (χ1n) is 6.77. The molecule has 0 aliphatic carbocycles. The number of halogens is 6. The molecule has 2 rings (SSSR count). The Morgan fingerprint density at radius 2 is 0.926 bits per heavy atom. The molecule has 0 saturated carbocycles. The molecule has 0 aromatic heterocycles. The van der Waals surface area contributed by atoms with Crippen LogP contribution in [0.3, 0.4) is 0 Å². The van der Waals surface area contributed by atoms with E-state index < -0.39 is 53.3 Å². The zero-order valence-electron chi connectivity index (χ0n) is 12.8. The lowest BCUT2D eigenvalue weighted by molar-refractivity contribution is 0.0806. The SMILES string of the molecule is O=S(=O)(NS(=O)(=O)C(F)(F)c1ccccc1F)C(F)(F)c1ccccc1F. The fraction of sp³-hybridized carbons (Fsp3) is 0.143. The number of hydrogen-bond acceptors (Lipinski definition) is 4. The smallest absolute Gasteiger partial charge is 0.206 e. The number of nitrogens with one attached hydrogen (secondary N) is 1. The summed E-state index contributed by atoms with van der Waals surface area (Å²) in [5.41, 5.74) is -3.52. The molecule has 0 fully saturated rings. The van der Waals surface area contributed by atoms with Gasteiger partial charge in [0.2, 0.25) is 0 Å². The van der Waals surface area contributed by atoms with Crippen molar-refractivity contribution >= 4 is 20.0 Å². The highest BCUT2D eigenvalue weighted by Crippen LogP contribution is 2.39. The monoisotopic (exact) mass is 433 g/mol. The van der Waals surface area contributed by atoms with Crippen molar-refractivity contribution in [2.24, 2.45) is 0 Å². The van der Waals surface area contributed by atoms with Crippen LogP contribution in [0.1, 0.15) is 11.1 Å². The Morgan fingerprint density at radius 1 is 0.630 bits per heavy atom. The van der Waals surface area contributed by atoms with Crippen LogP contribution < -0.4 is 4.13 Å². The van der Waals surface area contributed by atoms with E-state index in [9.17, 15) is 43.2 Å². The molecule has 2 aromatic rings. The van der Waals surface area contributed by atoms with Gasteiger partial charge in [-0.05, 0) is 24.3 Å². The Morgan fingerprint density at radius 3 is 1.22 bits per heavy atom. The van der Waals surface area contributed by atoms with Gasteiger partial charge in [0.1, 0.15) is 11.6 Å². The lowest BCUT2D eigenvalue weighted by Crippen LogP contribution is -2.47. The fourth-order valence-electron chi connectivity index (χ4n) is 1.93. The lowest BCUT2D eigenvalue weighted by atomic mass is 10.2. The summed E-state index contributed by atoms with van der Waals surface area (Å²) in [6.07, 6.45) is 0. The number of benzene rings is 2. The zero-order chi connectivity index (χ0) is 20.7. The summed E-state index contributed by atoms with van der Waals surface area (Å²) >= 11 is 0. The van der Waals surface area contributed by atoms with E-state index in [0.717, 1.165) is 24.3 Å². The molecule has 13 heteroatoms. The molecule has 2 aromatic carbocycles. The molecule has 0 radical (unpaired) electrons. The van der Waals surface area contributed by atoms with Gasteiger partial charge in [-0.3, -0.25) is 0 Å². The van der Waals surface area contributed by atoms with Crippen molar-refractivity contribution in [1.82, 2.24) is 4.13 Å². The summed E-state index contributed by atoms with van der Waals surface area (Å²) in [4.78, 5) is 0. The van der Waals surface area contributed by atoms with E-state index in [0.29, 0.717) is 24.3 Å². The summed E-state index contributed by atoms with van der Waals surface area (Å²) in [6, 6.07) is 5.11. The summed E-state index contributed by atoms with van der Waals surface area (Å²) in [6.45, 7) is 0. The van der Waals surface area contributed by atoms with Gasteiger partial charge in [0.05, 0.1) is 11.1 Å². The third kappa shape index (κ3) is 3.66. The number of sulfonamides is 2. The molecule has 0 bridgehead atoms. The van der Waals surface area contributed by atoms with Gasteiger partial charge in [0.25, 0.3) is 20.0 Å². The second-order valence-corrected chi connectivity index (χ2v) is 8.79. The maximum Gasteiger partial charge on any atom is 0.388 e. The molecule has 5 nitrogen and oxygen atoms in total. The third-order valence-corrected chi connectivity index (χ3v) is 6.81. The van der Waals surface area contributed by atoms with Gasteiger partial charge in [-0.25, -0.2) is 25.6 Å². The molecule has 0 heterocycles. The van der Waals surface area contributed by atoms with Crippen LogP contribution in [0, 0.1) is 11.6 Å². The Bertz CT molecular complexity index is 985. The number of alkyl halides is 4. The van der Waals surface area contributed by atoms with Crippen molar-refractivity contribution in [3.05, 3.63) is 71.3 Å². The van der Waals surface area contributed by atoms with Gasteiger partial charge in [0, 0.05) is 0 Å². The molecule has 0 aliphatic rings. The molecule has 0 aliphatic heterocycles. The van der Waals surface area contributed by atoms with Crippen molar-refractivity contribution in [3.8, 4) is 0 Å². The van der Waals surface area contributed by atoms with Gasteiger partial charge in [-0.15, -0.1) is 0 Å². The summed E-state index contributed by atoms with van der Waals surface area (Å²) < 4.78 is 131. The third-order valence-electron chi connectivity index (χ3n) is 3.27. The van der Waals surface area contributed by atoms with Crippen molar-refractivity contribution in [3.63, 3.8) is 0 Å². The maximum absolute atomic E-state index is 14.1. The van der Waals surface area contributed by atoms with E-state index in [1.54, 1.807) is 0 Å². The summed E-state index contributed by atoms with van der Waals surface area (Å²) in [7, 11) is -12.8. The van der Waals surface area contributed by atoms with Gasteiger partial charge in [-0.1, -0.05) is 28.4 Å². The van der Waals surface area contributed by atoms with Crippen LogP contribution in [0.25, 0.3) is 0 Å². The predicted molar refractivity (Wildman–Crippen MR) is 81.6 cm³/mol. The van der Waals surface area contributed by atoms with Crippen LogP contribution >= 0.6 is 0 Å². The van der Waals surface area contributed by atoms with E-state index >= 15 is 0 Å². The first-order valence-corrected chi connectivity index (χ1v) is 9.74. The Hall–Kier alpha value is -2.12. The summed E-state index contributed by atoms with van der Waals surface area (Å²) in [5, 5.41) is -10.5. The van der Waals surface area contributed by atoms with E-state index in [4.69, 9.17) is 0 Å². The molecule has 0 atom stereocenters. The van der Waals surface area contributed by atoms with E-state index in [2.05, 4.69) is 0 Å². The molecular formula is C14H9F6NO4S2. The molecule has 27 heavy (non-hydrogen) atoms.